The van der Waals surface area contributed by atoms with Gasteiger partial charge in [-0.15, -0.1) is 0 Å². The van der Waals surface area contributed by atoms with Gasteiger partial charge in [-0.05, 0) is 62.9 Å². The quantitative estimate of drug-likeness (QED) is 0.894. The van der Waals surface area contributed by atoms with Gasteiger partial charge in [-0.1, -0.05) is 0 Å². The van der Waals surface area contributed by atoms with Crippen LogP contribution in [0.3, 0.4) is 0 Å². The van der Waals surface area contributed by atoms with E-state index < -0.39 is 0 Å². The maximum absolute atomic E-state index is 13.0. The van der Waals surface area contributed by atoms with Crippen molar-refractivity contribution in [3.8, 4) is 0 Å². The van der Waals surface area contributed by atoms with E-state index in [-0.39, 0.29) is 17.8 Å². The first kappa shape index (κ1) is 18.4. The topological polar surface area (TPSA) is 50.2 Å². The van der Waals surface area contributed by atoms with E-state index >= 15 is 0 Å². The number of halogens is 1. The molecule has 2 aromatic rings. The number of aryl methyl sites for hydroxylation is 2. The van der Waals surface area contributed by atoms with Gasteiger partial charge in [0.2, 0.25) is 5.91 Å². The highest BCUT2D eigenvalue weighted by atomic mass is 19.1. The molecule has 1 fully saturated rings. The summed E-state index contributed by atoms with van der Waals surface area (Å²) in [6.45, 7) is 5.78. The highest BCUT2D eigenvalue weighted by Crippen LogP contribution is 2.20. The first-order chi connectivity index (χ1) is 12.4. The number of benzene rings is 1. The second-order valence-electron chi connectivity index (χ2n) is 7.08. The van der Waals surface area contributed by atoms with Crippen LogP contribution in [0.15, 0.2) is 24.3 Å². The molecular formula is C20H27FN4O. The first-order valence-corrected chi connectivity index (χ1v) is 9.23. The zero-order valence-electron chi connectivity index (χ0n) is 15.8. The van der Waals surface area contributed by atoms with Crippen molar-refractivity contribution in [1.29, 1.82) is 0 Å². The standard InChI is InChI=1S/C20H27FN4O/c1-14-19(15(2)24(3)23-14)8-9-20(26)22-17-10-12-25(13-11-17)18-6-4-16(21)5-7-18/h4-7,17H,8-13H2,1-3H3,(H,22,26). The molecular weight excluding hydrogens is 331 g/mol. The fourth-order valence-corrected chi connectivity index (χ4v) is 3.65. The third-order valence-corrected chi connectivity index (χ3v) is 5.31. The minimum absolute atomic E-state index is 0.105. The Bertz CT molecular complexity index is 761. The molecule has 2 heterocycles. The summed E-state index contributed by atoms with van der Waals surface area (Å²) in [7, 11) is 1.93. The molecule has 1 aromatic carbocycles. The Morgan fingerprint density at radius 2 is 1.88 bits per heavy atom. The summed E-state index contributed by atoms with van der Waals surface area (Å²) in [6, 6.07) is 6.83. The third-order valence-electron chi connectivity index (χ3n) is 5.31. The molecule has 5 nitrogen and oxygen atoms in total. The fraction of sp³-hybridized carbons (Fsp3) is 0.500. The third kappa shape index (κ3) is 4.23. The van der Waals surface area contributed by atoms with E-state index in [1.54, 1.807) is 0 Å². The maximum Gasteiger partial charge on any atom is 0.220 e. The van der Waals surface area contributed by atoms with Crippen LogP contribution in [0, 0.1) is 19.7 Å². The molecule has 1 aliphatic rings. The highest BCUT2D eigenvalue weighted by molar-refractivity contribution is 5.76. The Balaban J connectivity index is 1.45. The molecule has 1 aromatic heterocycles. The minimum Gasteiger partial charge on any atom is -0.371 e. The lowest BCUT2D eigenvalue weighted by Gasteiger charge is -2.34. The number of rotatable bonds is 5. The monoisotopic (exact) mass is 358 g/mol. The zero-order chi connectivity index (χ0) is 18.7. The molecule has 1 aliphatic heterocycles. The molecule has 0 radical (unpaired) electrons. The Morgan fingerprint density at radius 3 is 2.46 bits per heavy atom. The predicted octanol–water partition coefficient (Wildman–Crippen LogP) is 2.89. The number of anilines is 1. The number of nitrogens with one attached hydrogen (secondary N) is 1. The van der Waals surface area contributed by atoms with Gasteiger partial charge in [0.15, 0.2) is 0 Å². The van der Waals surface area contributed by atoms with E-state index in [9.17, 15) is 9.18 Å². The van der Waals surface area contributed by atoms with Crippen LogP contribution in [-0.4, -0.2) is 34.8 Å². The van der Waals surface area contributed by atoms with Gasteiger partial charge in [0.25, 0.3) is 0 Å². The molecule has 3 rings (SSSR count). The Labute approximate surface area is 154 Å². The summed E-state index contributed by atoms with van der Waals surface area (Å²) in [5, 5.41) is 7.57. The molecule has 26 heavy (non-hydrogen) atoms. The van der Waals surface area contributed by atoms with Crippen molar-refractivity contribution in [2.75, 3.05) is 18.0 Å². The van der Waals surface area contributed by atoms with E-state index in [1.165, 1.54) is 17.7 Å². The van der Waals surface area contributed by atoms with Crippen LogP contribution in [0.2, 0.25) is 0 Å². The van der Waals surface area contributed by atoms with Gasteiger partial charge < -0.3 is 10.2 Å². The first-order valence-electron chi connectivity index (χ1n) is 9.23. The Morgan fingerprint density at radius 1 is 1.23 bits per heavy atom. The van der Waals surface area contributed by atoms with Crippen molar-refractivity contribution in [1.82, 2.24) is 15.1 Å². The molecule has 0 aliphatic carbocycles. The predicted molar refractivity (Wildman–Crippen MR) is 101 cm³/mol. The largest absolute Gasteiger partial charge is 0.371 e. The van der Waals surface area contributed by atoms with Crippen molar-refractivity contribution in [3.63, 3.8) is 0 Å². The van der Waals surface area contributed by atoms with Gasteiger partial charge in [0.1, 0.15) is 5.82 Å². The highest BCUT2D eigenvalue weighted by Gasteiger charge is 2.21. The molecule has 1 amide bonds. The van der Waals surface area contributed by atoms with E-state index in [0.717, 1.165) is 49.4 Å². The van der Waals surface area contributed by atoms with Gasteiger partial charge >= 0.3 is 0 Å². The lowest BCUT2D eigenvalue weighted by molar-refractivity contribution is -0.121. The molecule has 0 unspecified atom stereocenters. The fourth-order valence-electron chi connectivity index (χ4n) is 3.65. The second kappa shape index (κ2) is 7.89. The summed E-state index contributed by atoms with van der Waals surface area (Å²) in [4.78, 5) is 14.5. The Kier molecular flexibility index (Phi) is 5.59. The normalized spacial score (nSPS) is 15.3. The van der Waals surface area contributed by atoms with Crippen molar-refractivity contribution < 1.29 is 9.18 Å². The molecule has 0 atom stereocenters. The van der Waals surface area contributed by atoms with Crippen LogP contribution >= 0.6 is 0 Å². The Hall–Kier alpha value is -2.37. The summed E-state index contributed by atoms with van der Waals surface area (Å²) in [5.41, 5.74) is 4.35. The van der Waals surface area contributed by atoms with E-state index in [1.807, 2.05) is 37.7 Å². The van der Waals surface area contributed by atoms with Crippen molar-refractivity contribution in [2.24, 2.45) is 7.05 Å². The average molecular weight is 358 g/mol. The number of carbonyl (C=O) groups excluding carboxylic acids is 1. The van der Waals surface area contributed by atoms with Crippen LogP contribution in [0.5, 0.6) is 0 Å². The molecule has 0 saturated carbocycles. The number of hydrogen-bond donors (Lipinski definition) is 1. The molecule has 0 spiro atoms. The van der Waals surface area contributed by atoms with E-state index in [4.69, 9.17) is 0 Å². The van der Waals surface area contributed by atoms with Crippen LogP contribution in [-0.2, 0) is 18.3 Å². The lowest BCUT2D eigenvalue weighted by atomic mass is 10.0. The molecule has 6 heteroatoms. The average Bonchev–Trinajstić information content (AvgIpc) is 2.87. The van der Waals surface area contributed by atoms with Crippen LogP contribution < -0.4 is 10.2 Å². The number of hydrogen-bond acceptors (Lipinski definition) is 3. The molecule has 1 N–H and O–H groups in total. The van der Waals surface area contributed by atoms with Crippen molar-refractivity contribution >= 4 is 11.6 Å². The van der Waals surface area contributed by atoms with Gasteiger partial charge in [0.05, 0.1) is 5.69 Å². The van der Waals surface area contributed by atoms with E-state index in [0.29, 0.717) is 6.42 Å². The summed E-state index contributed by atoms with van der Waals surface area (Å²) >= 11 is 0. The molecule has 0 bridgehead atoms. The molecule has 1 saturated heterocycles. The number of piperidine rings is 1. The van der Waals surface area contributed by atoms with Gasteiger partial charge in [-0.2, -0.15) is 5.10 Å². The van der Waals surface area contributed by atoms with Crippen LogP contribution in [0.4, 0.5) is 10.1 Å². The minimum atomic E-state index is -0.213. The van der Waals surface area contributed by atoms with Crippen molar-refractivity contribution in [2.45, 2.75) is 45.6 Å². The van der Waals surface area contributed by atoms with Gasteiger partial charge in [-0.3, -0.25) is 9.48 Å². The smallest absolute Gasteiger partial charge is 0.220 e. The second-order valence-corrected chi connectivity index (χ2v) is 7.08. The maximum atomic E-state index is 13.0. The summed E-state index contributed by atoms with van der Waals surface area (Å²) in [5.74, 6) is -0.108. The van der Waals surface area contributed by atoms with Crippen molar-refractivity contribution in [3.05, 3.63) is 47.0 Å². The number of amides is 1. The summed E-state index contributed by atoms with van der Waals surface area (Å²) in [6.07, 6.45) is 3.04. The summed E-state index contributed by atoms with van der Waals surface area (Å²) < 4.78 is 14.9. The van der Waals surface area contributed by atoms with Gasteiger partial charge in [0, 0.05) is 44.0 Å². The number of nitrogens with zero attached hydrogens (tertiary/aromatic N) is 3. The number of aromatic nitrogens is 2. The van der Waals surface area contributed by atoms with Crippen LogP contribution in [0.25, 0.3) is 0 Å². The molecule has 140 valence electrons. The lowest BCUT2D eigenvalue weighted by Crippen LogP contribution is -2.44. The zero-order valence-corrected chi connectivity index (χ0v) is 15.8. The SMILES string of the molecule is Cc1nn(C)c(C)c1CCC(=O)NC1CCN(c2ccc(F)cc2)CC1. The van der Waals surface area contributed by atoms with E-state index in [2.05, 4.69) is 15.3 Å². The van der Waals surface area contributed by atoms with Crippen LogP contribution in [0.1, 0.15) is 36.2 Å². The number of carbonyl (C=O) groups is 1. The van der Waals surface area contributed by atoms with Gasteiger partial charge in [-0.25, -0.2) is 4.39 Å².